The Kier molecular flexibility index (Phi) is 8.47. The highest BCUT2D eigenvalue weighted by Gasteiger charge is 2.51. The largest absolute Gasteiger partial charge is 0.388 e. The number of carbonyl (C=O) groups excluding carboxylic acids is 1. The van der Waals surface area contributed by atoms with Crippen LogP contribution in [0.3, 0.4) is 0 Å². The van der Waals surface area contributed by atoms with E-state index in [-0.39, 0.29) is 17.5 Å². The standard InChI is InChI=1S/C35H43N9O/c1-23(44-17-7-8-29(44)20-36)21-39-34(15-5-6-16-34)22-35(33-40-42-43-41-33)30-13-11-25(24(2)37-3)18-26(30)9-10-27-19-28(32(45)38-4)12-14-31(27)35/h11-14,18-19,29,37,39H,1-2,5-10,15-17,21-22H2,3-4H3,(H,38,45)(H,40,41,42,43). The van der Waals surface area contributed by atoms with Crippen molar-refractivity contribution in [3.63, 3.8) is 0 Å². The predicted molar refractivity (Wildman–Crippen MR) is 174 cm³/mol. The zero-order chi connectivity index (χ0) is 31.6. The molecule has 2 atom stereocenters. The number of amides is 1. The molecule has 0 radical (unpaired) electrons. The van der Waals surface area contributed by atoms with Crippen molar-refractivity contribution in [1.82, 2.24) is 41.5 Å². The number of fused-ring (bicyclic) bond motifs is 2. The van der Waals surface area contributed by atoms with Crippen LogP contribution in [0.25, 0.3) is 5.70 Å². The lowest BCUT2D eigenvalue weighted by molar-refractivity contribution is 0.0963. The van der Waals surface area contributed by atoms with Gasteiger partial charge in [0.05, 0.1) is 11.5 Å². The second kappa shape index (κ2) is 12.5. The van der Waals surface area contributed by atoms with Crippen molar-refractivity contribution in [2.75, 3.05) is 27.2 Å². The van der Waals surface area contributed by atoms with Crippen LogP contribution in [0.15, 0.2) is 55.3 Å². The van der Waals surface area contributed by atoms with Crippen molar-refractivity contribution in [2.24, 2.45) is 0 Å². The van der Waals surface area contributed by atoms with E-state index in [2.05, 4.69) is 79.9 Å². The topological polar surface area (TPSA) is 135 Å². The number of benzene rings is 2. The van der Waals surface area contributed by atoms with E-state index in [1.54, 1.807) is 7.05 Å². The molecule has 6 rings (SSSR count). The fourth-order valence-electron chi connectivity index (χ4n) is 7.96. The lowest BCUT2D eigenvalue weighted by atomic mass is 9.64. The third-order valence-electron chi connectivity index (χ3n) is 10.3. The van der Waals surface area contributed by atoms with Gasteiger partial charge in [0.1, 0.15) is 6.04 Å². The minimum atomic E-state index is -0.740. The number of tetrazole rings is 1. The first-order valence-electron chi connectivity index (χ1n) is 16.0. The van der Waals surface area contributed by atoms with Gasteiger partial charge in [-0.3, -0.25) is 4.79 Å². The smallest absolute Gasteiger partial charge is 0.251 e. The molecule has 1 saturated carbocycles. The summed E-state index contributed by atoms with van der Waals surface area (Å²) < 4.78 is 0. The fraction of sp³-hybridized carbons (Fsp3) is 0.457. The van der Waals surface area contributed by atoms with Gasteiger partial charge in [0, 0.05) is 49.7 Å². The lowest BCUT2D eigenvalue weighted by Gasteiger charge is -2.43. The van der Waals surface area contributed by atoms with Gasteiger partial charge in [-0.1, -0.05) is 49.4 Å². The first kappa shape index (κ1) is 30.5. The van der Waals surface area contributed by atoms with E-state index in [9.17, 15) is 10.1 Å². The van der Waals surface area contributed by atoms with Gasteiger partial charge >= 0.3 is 0 Å². The summed E-state index contributed by atoms with van der Waals surface area (Å²) in [6.07, 6.45) is 8.39. The van der Waals surface area contributed by atoms with E-state index in [0.717, 1.165) is 91.6 Å². The van der Waals surface area contributed by atoms with E-state index in [1.165, 1.54) is 5.56 Å². The molecular weight excluding hydrogens is 562 g/mol. The highest BCUT2D eigenvalue weighted by molar-refractivity contribution is 5.94. The number of likely N-dealkylation sites (tertiary alicyclic amines) is 1. The average Bonchev–Trinajstić information content (AvgIpc) is 3.86. The van der Waals surface area contributed by atoms with Gasteiger partial charge in [-0.05, 0) is 91.0 Å². The van der Waals surface area contributed by atoms with Crippen LogP contribution in [0.1, 0.15) is 88.9 Å². The van der Waals surface area contributed by atoms with Gasteiger partial charge in [0.15, 0.2) is 5.82 Å². The summed E-state index contributed by atoms with van der Waals surface area (Å²) in [5.41, 5.74) is 7.09. The van der Waals surface area contributed by atoms with Gasteiger partial charge in [-0.2, -0.15) is 10.5 Å². The van der Waals surface area contributed by atoms with Gasteiger partial charge in [0.2, 0.25) is 0 Å². The van der Waals surface area contributed by atoms with Crippen molar-refractivity contribution in [3.8, 4) is 6.07 Å². The molecule has 0 bridgehead atoms. The number of hydrogen-bond donors (Lipinski definition) is 4. The number of aromatic nitrogens is 4. The molecule has 1 amide bonds. The van der Waals surface area contributed by atoms with Gasteiger partial charge in [-0.15, -0.1) is 10.2 Å². The fourth-order valence-corrected chi connectivity index (χ4v) is 7.96. The van der Waals surface area contributed by atoms with E-state index >= 15 is 0 Å². The third-order valence-corrected chi connectivity index (χ3v) is 10.3. The van der Waals surface area contributed by atoms with Crippen LogP contribution in [0, 0.1) is 11.3 Å². The van der Waals surface area contributed by atoms with Crippen LogP contribution < -0.4 is 16.0 Å². The summed E-state index contributed by atoms with van der Waals surface area (Å²) >= 11 is 0. The number of nitrogens with zero attached hydrogens (tertiary/aromatic N) is 5. The molecular formula is C35H43N9O. The SMILES string of the molecule is C=C(NC)c1ccc2c(c1)CCc1cc(C(=O)NC)ccc1C2(CC1(NCC(=C)N2CCCC2C#N)CCCC1)c1nn[nH]n1. The van der Waals surface area contributed by atoms with Gasteiger partial charge in [0.25, 0.3) is 5.91 Å². The molecule has 10 heteroatoms. The molecule has 0 spiro atoms. The monoisotopic (exact) mass is 605 g/mol. The van der Waals surface area contributed by atoms with E-state index in [0.29, 0.717) is 24.4 Å². The average molecular weight is 606 g/mol. The molecule has 2 heterocycles. The Bertz CT molecular complexity index is 1560. The number of aryl methyl sites for hydroxylation is 2. The Morgan fingerprint density at radius 1 is 1.04 bits per heavy atom. The number of rotatable bonds is 10. The number of nitriles is 1. The van der Waals surface area contributed by atoms with E-state index < -0.39 is 5.41 Å². The highest BCUT2D eigenvalue weighted by atomic mass is 16.1. The predicted octanol–water partition coefficient (Wildman–Crippen LogP) is 3.98. The quantitative estimate of drug-likeness (QED) is 0.273. The first-order chi connectivity index (χ1) is 21.8. The van der Waals surface area contributed by atoms with Crippen LogP contribution >= 0.6 is 0 Å². The van der Waals surface area contributed by atoms with Crippen molar-refractivity contribution in [1.29, 1.82) is 5.26 Å². The van der Waals surface area contributed by atoms with Crippen LogP contribution in [-0.4, -0.2) is 70.2 Å². The molecule has 2 unspecified atom stereocenters. The van der Waals surface area contributed by atoms with E-state index in [1.807, 2.05) is 19.2 Å². The van der Waals surface area contributed by atoms with Crippen LogP contribution in [-0.2, 0) is 18.3 Å². The lowest BCUT2D eigenvalue weighted by Crippen LogP contribution is -2.51. The van der Waals surface area contributed by atoms with E-state index in [4.69, 9.17) is 5.10 Å². The summed E-state index contributed by atoms with van der Waals surface area (Å²) in [6, 6.07) is 15.0. The minimum Gasteiger partial charge on any atom is -0.388 e. The van der Waals surface area contributed by atoms with Crippen molar-refractivity contribution < 1.29 is 4.79 Å². The third kappa shape index (κ3) is 5.50. The zero-order valence-electron chi connectivity index (χ0n) is 26.4. The molecule has 234 valence electrons. The number of nitrogens with one attached hydrogen (secondary N) is 4. The maximum atomic E-state index is 12.8. The molecule has 3 aliphatic rings. The molecule has 1 aromatic heterocycles. The Labute approximate surface area is 265 Å². The van der Waals surface area contributed by atoms with Crippen molar-refractivity contribution in [2.45, 2.75) is 74.8 Å². The Morgan fingerprint density at radius 3 is 2.36 bits per heavy atom. The highest BCUT2D eigenvalue weighted by Crippen LogP contribution is 2.51. The summed E-state index contributed by atoms with van der Waals surface area (Å²) in [7, 11) is 3.55. The molecule has 1 aliphatic heterocycles. The number of H-pyrrole nitrogens is 1. The second-order valence-corrected chi connectivity index (χ2v) is 12.8. The molecule has 1 saturated heterocycles. The number of carbonyl (C=O) groups is 1. The van der Waals surface area contributed by atoms with Crippen molar-refractivity contribution in [3.05, 3.63) is 94.5 Å². The van der Waals surface area contributed by atoms with Gasteiger partial charge < -0.3 is 20.9 Å². The Balaban J connectivity index is 1.50. The molecule has 4 N–H and O–H groups in total. The molecule has 2 aromatic carbocycles. The molecule has 2 aliphatic carbocycles. The summed E-state index contributed by atoms with van der Waals surface area (Å²) in [6.45, 7) is 10.1. The first-order valence-corrected chi connectivity index (χ1v) is 16.0. The minimum absolute atomic E-state index is 0.109. The van der Waals surface area contributed by atoms with Crippen molar-refractivity contribution >= 4 is 11.6 Å². The Morgan fingerprint density at radius 2 is 1.73 bits per heavy atom. The zero-order valence-corrected chi connectivity index (χ0v) is 26.4. The molecule has 10 nitrogen and oxygen atoms in total. The normalized spacial score (nSPS) is 21.7. The number of aromatic amines is 1. The van der Waals surface area contributed by atoms with Gasteiger partial charge in [-0.25, -0.2) is 0 Å². The maximum Gasteiger partial charge on any atom is 0.251 e. The second-order valence-electron chi connectivity index (χ2n) is 12.8. The van der Waals surface area contributed by atoms with Crippen LogP contribution in [0.4, 0.5) is 0 Å². The van der Waals surface area contributed by atoms with Crippen LogP contribution in [0.2, 0.25) is 0 Å². The summed E-state index contributed by atoms with van der Waals surface area (Å²) in [5.74, 6) is 0.512. The van der Waals surface area contributed by atoms with Crippen LogP contribution in [0.5, 0.6) is 0 Å². The summed E-state index contributed by atoms with van der Waals surface area (Å²) in [4.78, 5) is 14.9. The summed E-state index contributed by atoms with van der Waals surface area (Å²) in [5, 5.41) is 35.9. The Hall–Kier alpha value is -4.49. The molecule has 2 fully saturated rings. The maximum absolute atomic E-state index is 12.8. The molecule has 3 aromatic rings. The molecule has 45 heavy (non-hydrogen) atoms. The number of hydrogen-bond acceptors (Lipinski definition) is 8.